The molecule has 3 N–H and O–H groups in total. The van der Waals surface area contributed by atoms with Gasteiger partial charge in [0.25, 0.3) is 0 Å². The van der Waals surface area contributed by atoms with Crippen LogP contribution >= 0.6 is 0 Å². The Morgan fingerprint density at radius 1 is 1.06 bits per heavy atom. The van der Waals surface area contributed by atoms with Crippen molar-refractivity contribution < 1.29 is 32.2 Å². The van der Waals surface area contributed by atoms with E-state index in [2.05, 4.69) is 25.7 Å². The van der Waals surface area contributed by atoms with Gasteiger partial charge >= 0.3 is 18.4 Å². The summed E-state index contributed by atoms with van der Waals surface area (Å²) in [5, 5.41) is 7.82. The molecule has 0 spiro atoms. The van der Waals surface area contributed by atoms with Gasteiger partial charge in [-0.05, 0) is 63.4 Å². The number of fused-ring (bicyclic) bond motifs is 4. The van der Waals surface area contributed by atoms with Gasteiger partial charge in [0, 0.05) is 23.1 Å². The lowest BCUT2D eigenvalue weighted by Crippen LogP contribution is -2.36. The number of amides is 2. The normalized spacial score (nSPS) is 18.9. The van der Waals surface area contributed by atoms with Gasteiger partial charge in [0.1, 0.15) is 11.6 Å². The maximum Gasteiger partial charge on any atom is 0.411 e. The Bertz CT molecular complexity index is 1130. The minimum absolute atomic E-state index is 0.161. The molecule has 2 unspecified atom stereocenters. The molecule has 0 radical (unpaired) electrons. The van der Waals surface area contributed by atoms with Crippen LogP contribution in [-0.4, -0.2) is 42.1 Å². The molecule has 2 amide bonds. The van der Waals surface area contributed by atoms with E-state index in [1.807, 2.05) is 0 Å². The molecule has 2 heterocycles. The van der Waals surface area contributed by atoms with Gasteiger partial charge in [0.05, 0.1) is 18.8 Å². The zero-order valence-electron chi connectivity index (χ0n) is 20.4. The SMILES string of the molecule is COC(=O)Nc1ccc2c(c1)NC(C(F)(F)F)C/C=C/CC(NC(=O)OC(C)(C)C)c1cc-2ccn1. The van der Waals surface area contributed by atoms with Crippen molar-refractivity contribution in [2.24, 2.45) is 0 Å². The van der Waals surface area contributed by atoms with E-state index in [1.54, 1.807) is 51.1 Å². The fourth-order valence-corrected chi connectivity index (χ4v) is 3.60. The summed E-state index contributed by atoms with van der Waals surface area (Å²) in [6, 6.07) is 5.41. The molecule has 194 valence electrons. The Morgan fingerprint density at radius 2 is 1.78 bits per heavy atom. The number of pyridine rings is 1. The van der Waals surface area contributed by atoms with Gasteiger partial charge in [0.2, 0.25) is 0 Å². The topological polar surface area (TPSA) is 102 Å². The second-order valence-corrected chi connectivity index (χ2v) is 9.23. The zero-order valence-corrected chi connectivity index (χ0v) is 20.4. The van der Waals surface area contributed by atoms with Gasteiger partial charge in [-0.15, -0.1) is 0 Å². The van der Waals surface area contributed by atoms with Crippen LogP contribution in [-0.2, 0) is 9.47 Å². The molecule has 0 fully saturated rings. The van der Waals surface area contributed by atoms with Crippen molar-refractivity contribution in [2.45, 2.75) is 57.5 Å². The van der Waals surface area contributed by atoms with E-state index in [-0.39, 0.29) is 24.2 Å². The van der Waals surface area contributed by atoms with Gasteiger partial charge in [-0.2, -0.15) is 13.2 Å². The first-order valence-electron chi connectivity index (χ1n) is 11.3. The van der Waals surface area contributed by atoms with Crippen LogP contribution in [0.3, 0.4) is 0 Å². The number of rotatable bonds is 2. The minimum atomic E-state index is -4.55. The summed E-state index contributed by atoms with van der Waals surface area (Å²) in [6.45, 7) is 5.20. The van der Waals surface area contributed by atoms with Crippen LogP contribution in [0.1, 0.15) is 45.3 Å². The third kappa shape index (κ3) is 7.37. The van der Waals surface area contributed by atoms with Crippen LogP contribution in [0, 0.1) is 0 Å². The summed E-state index contributed by atoms with van der Waals surface area (Å²) < 4.78 is 51.6. The third-order valence-corrected chi connectivity index (χ3v) is 5.23. The number of aromatic nitrogens is 1. The highest BCUT2D eigenvalue weighted by molar-refractivity contribution is 5.88. The molecule has 1 aliphatic heterocycles. The molecule has 0 saturated carbocycles. The van der Waals surface area contributed by atoms with Gasteiger partial charge < -0.3 is 20.1 Å². The van der Waals surface area contributed by atoms with Crippen LogP contribution < -0.4 is 16.0 Å². The lowest BCUT2D eigenvalue weighted by atomic mass is 9.98. The first-order chi connectivity index (χ1) is 16.9. The van der Waals surface area contributed by atoms with Crippen molar-refractivity contribution in [3.8, 4) is 11.1 Å². The highest BCUT2D eigenvalue weighted by Gasteiger charge is 2.39. The predicted molar refractivity (Wildman–Crippen MR) is 130 cm³/mol. The second-order valence-electron chi connectivity index (χ2n) is 9.23. The number of methoxy groups -OCH3 is 1. The number of halogens is 3. The van der Waals surface area contributed by atoms with E-state index >= 15 is 0 Å². The van der Waals surface area contributed by atoms with Crippen molar-refractivity contribution in [1.29, 1.82) is 0 Å². The average molecular weight is 507 g/mol. The van der Waals surface area contributed by atoms with E-state index in [0.29, 0.717) is 16.8 Å². The number of ether oxygens (including phenoxy) is 2. The number of anilines is 2. The fraction of sp³-hybridized carbons (Fsp3) is 0.400. The maximum absolute atomic E-state index is 13.9. The Hall–Kier alpha value is -3.76. The molecular formula is C25H29F3N4O4. The first kappa shape index (κ1) is 26.8. The van der Waals surface area contributed by atoms with Crippen molar-refractivity contribution in [2.75, 3.05) is 17.7 Å². The lowest BCUT2D eigenvalue weighted by molar-refractivity contribution is -0.141. The molecular weight excluding hydrogens is 477 g/mol. The highest BCUT2D eigenvalue weighted by Crippen LogP contribution is 2.36. The number of benzene rings is 1. The second kappa shape index (κ2) is 10.9. The van der Waals surface area contributed by atoms with E-state index in [9.17, 15) is 22.8 Å². The quantitative estimate of drug-likeness (QED) is 0.420. The van der Waals surface area contributed by atoms with Gasteiger partial charge in [-0.1, -0.05) is 18.2 Å². The zero-order chi connectivity index (χ0) is 26.5. The van der Waals surface area contributed by atoms with Crippen LogP contribution in [0.2, 0.25) is 0 Å². The Morgan fingerprint density at radius 3 is 2.44 bits per heavy atom. The summed E-state index contributed by atoms with van der Waals surface area (Å²) in [6.07, 6.45) is -1.57. The fourth-order valence-electron chi connectivity index (χ4n) is 3.60. The number of hydrogen-bond acceptors (Lipinski definition) is 6. The van der Waals surface area contributed by atoms with Crippen molar-refractivity contribution in [1.82, 2.24) is 10.3 Å². The van der Waals surface area contributed by atoms with Crippen LogP contribution in [0.25, 0.3) is 11.1 Å². The monoisotopic (exact) mass is 506 g/mol. The predicted octanol–water partition coefficient (Wildman–Crippen LogP) is 6.19. The summed E-state index contributed by atoms with van der Waals surface area (Å²) >= 11 is 0. The smallest absolute Gasteiger partial charge is 0.411 e. The number of carbonyl (C=O) groups is 2. The van der Waals surface area contributed by atoms with Crippen molar-refractivity contribution >= 4 is 23.6 Å². The standard InChI is InChI=1S/C25H29F3N4O4/c1-24(2,3)36-23(34)32-18-7-5-6-8-21(25(26,27)28)31-19-14-16(30-22(33)35-4)9-10-17(19)15-11-12-29-20(18)13-15/h5-6,9-14,18,21,31H,7-8H2,1-4H3,(H,30,33)(H,32,34)/b6-5+. The molecule has 0 aliphatic carbocycles. The summed E-state index contributed by atoms with van der Waals surface area (Å²) in [7, 11) is 1.19. The number of alkyl carbamates (subject to hydrolysis) is 1. The van der Waals surface area contributed by atoms with Gasteiger partial charge in [-0.3, -0.25) is 10.3 Å². The Kier molecular flexibility index (Phi) is 8.11. The molecule has 0 saturated heterocycles. The van der Waals surface area contributed by atoms with Crippen LogP contribution in [0.4, 0.5) is 34.1 Å². The lowest BCUT2D eigenvalue weighted by Gasteiger charge is -2.25. The van der Waals surface area contributed by atoms with Gasteiger partial charge in [-0.25, -0.2) is 9.59 Å². The van der Waals surface area contributed by atoms with Crippen molar-refractivity contribution in [3.63, 3.8) is 0 Å². The number of nitrogens with one attached hydrogen (secondary N) is 3. The first-order valence-corrected chi connectivity index (χ1v) is 11.3. The summed E-state index contributed by atoms with van der Waals surface area (Å²) in [5.41, 5.74) is 1.25. The van der Waals surface area contributed by atoms with Crippen LogP contribution in [0.15, 0.2) is 48.7 Å². The molecule has 1 aromatic carbocycles. The largest absolute Gasteiger partial charge is 0.453 e. The maximum atomic E-state index is 13.9. The molecule has 1 aromatic heterocycles. The Labute approximate surface area is 207 Å². The molecule has 36 heavy (non-hydrogen) atoms. The number of nitrogens with zero attached hydrogens (tertiary/aromatic N) is 1. The Balaban J connectivity index is 2.07. The molecule has 3 rings (SSSR count). The molecule has 2 atom stereocenters. The van der Waals surface area contributed by atoms with E-state index in [4.69, 9.17) is 4.74 Å². The van der Waals surface area contributed by atoms with E-state index < -0.39 is 36.0 Å². The third-order valence-electron chi connectivity index (χ3n) is 5.23. The van der Waals surface area contributed by atoms with Crippen molar-refractivity contribution in [3.05, 3.63) is 54.4 Å². The molecule has 1 aliphatic rings. The number of hydrogen-bond donors (Lipinski definition) is 3. The van der Waals surface area contributed by atoms with E-state index in [1.165, 1.54) is 25.4 Å². The molecule has 2 bridgehead atoms. The summed E-state index contributed by atoms with van der Waals surface area (Å²) in [4.78, 5) is 28.5. The molecule has 2 aromatic rings. The van der Waals surface area contributed by atoms with Gasteiger partial charge in [0.15, 0.2) is 0 Å². The number of carbonyl (C=O) groups excluding carboxylic acids is 2. The summed E-state index contributed by atoms with van der Waals surface area (Å²) in [5.74, 6) is 0. The molecule has 11 heteroatoms. The molecule has 8 nitrogen and oxygen atoms in total. The highest BCUT2D eigenvalue weighted by atomic mass is 19.4. The number of alkyl halides is 3. The minimum Gasteiger partial charge on any atom is -0.453 e. The van der Waals surface area contributed by atoms with Crippen LogP contribution in [0.5, 0.6) is 0 Å². The average Bonchev–Trinajstić information content (AvgIpc) is 2.77. The van der Waals surface area contributed by atoms with E-state index in [0.717, 1.165) is 0 Å².